The summed E-state index contributed by atoms with van der Waals surface area (Å²) in [6.45, 7) is -0.228. The Kier molecular flexibility index (Phi) is 4.97. The number of sulfonamides is 1. The average molecular weight is 398 g/mol. The van der Waals surface area contributed by atoms with E-state index in [-0.39, 0.29) is 22.9 Å². The molecule has 1 aliphatic heterocycles. The predicted molar refractivity (Wildman–Crippen MR) is 95.4 cm³/mol. The molecule has 0 saturated carbocycles. The number of benzene rings is 2. The fraction of sp³-hybridized carbons (Fsp3) is 0.235. The van der Waals surface area contributed by atoms with Gasteiger partial charge in [0.15, 0.2) is 0 Å². The van der Waals surface area contributed by atoms with Crippen LogP contribution in [0.2, 0.25) is 5.02 Å². The zero-order valence-corrected chi connectivity index (χ0v) is 15.6. The SMILES string of the molecule is COC(=O)C1CN(S(=O)(=O)c2ccc(OC)cc2)c2cc(Cl)ccc2O1. The molecule has 138 valence electrons. The number of fused-ring (bicyclic) bond motifs is 1. The molecular weight excluding hydrogens is 382 g/mol. The van der Waals surface area contributed by atoms with E-state index in [0.717, 1.165) is 4.31 Å². The van der Waals surface area contributed by atoms with Gasteiger partial charge in [-0.2, -0.15) is 0 Å². The van der Waals surface area contributed by atoms with Crippen LogP contribution in [0.3, 0.4) is 0 Å². The summed E-state index contributed by atoms with van der Waals surface area (Å²) in [5.74, 6) is 0.0930. The molecule has 1 atom stereocenters. The van der Waals surface area contributed by atoms with Gasteiger partial charge in [0.2, 0.25) is 6.10 Å². The fourth-order valence-corrected chi connectivity index (χ4v) is 4.22. The van der Waals surface area contributed by atoms with Gasteiger partial charge in [-0.1, -0.05) is 11.6 Å². The van der Waals surface area contributed by atoms with Crippen LogP contribution in [0.1, 0.15) is 0 Å². The number of rotatable bonds is 4. The number of hydrogen-bond donors (Lipinski definition) is 0. The summed E-state index contributed by atoms with van der Waals surface area (Å²) >= 11 is 6.02. The highest BCUT2D eigenvalue weighted by Crippen LogP contribution is 2.39. The van der Waals surface area contributed by atoms with E-state index in [1.807, 2.05) is 0 Å². The second kappa shape index (κ2) is 7.05. The molecule has 0 saturated heterocycles. The van der Waals surface area contributed by atoms with Crippen molar-refractivity contribution in [3.05, 3.63) is 47.5 Å². The highest BCUT2D eigenvalue weighted by molar-refractivity contribution is 7.92. The van der Waals surface area contributed by atoms with Gasteiger partial charge in [-0.3, -0.25) is 4.31 Å². The van der Waals surface area contributed by atoms with Crippen molar-refractivity contribution >= 4 is 33.3 Å². The van der Waals surface area contributed by atoms with E-state index < -0.39 is 22.1 Å². The largest absolute Gasteiger partial charge is 0.497 e. The Morgan fingerprint density at radius 1 is 1.19 bits per heavy atom. The first-order chi connectivity index (χ1) is 12.4. The second-order valence-corrected chi connectivity index (χ2v) is 7.75. The maximum Gasteiger partial charge on any atom is 0.348 e. The minimum absolute atomic E-state index is 0.0507. The van der Waals surface area contributed by atoms with Crippen molar-refractivity contribution < 1.29 is 27.4 Å². The third-order valence-electron chi connectivity index (χ3n) is 3.90. The molecule has 1 heterocycles. The number of anilines is 1. The highest BCUT2D eigenvalue weighted by atomic mass is 35.5. The molecule has 0 amide bonds. The highest BCUT2D eigenvalue weighted by Gasteiger charge is 2.38. The lowest BCUT2D eigenvalue weighted by atomic mass is 10.2. The van der Waals surface area contributed by atoms with Gasteiger partial charge in [-0.25, -0.2) is 13.2 Å². The zero-order valence-electron chi connectivity index (χ0n) is 14.0. The lowest BCUT2D eigenvalue weighted by Gasteiger charge is -2.34. The molecule has 1 aliphatic rings. The van der Waals surface area contributed by atoms with Crippen LogP contribution in [0.5, 0.6) is 11.5 Å². The number of halogens is 1. The first-order valence-corrected chi connectivity index (χ1v) is 9.39. The van der Waals surface area contributed by atoms with Crippen molar-refractivity contribution in [3.63, 3.8) is 0 Å². The molecule has 0 radical (unpaired) electrons. The fourth-order valence-electron chi connectivity index (χ4n) is 2.58. The third kappa shape index (κ3) is 3.30. The number of esters is 1. The smallest absolute Gasteiger partial charge is 0.348 e. The van der Waals surface area contributed by atoms with Crippen molar-refractivity contribution in [2.45, 2.75) is 11.0 Å². The minimum Gasteiger partial charge on any atom is -0.497 e. The van der Waals surface area contributed by atoms with E-state index >= 15 is 0 Å². The van der Waals surface area contributed by atoms with E-state index in [0.29, 0.717) is 10.8 Å². The monoisotopic (exact) mass is 397 g/mol. The van der Waals surface area contributed by atoms with Crippen molar-refractivity contribution in [2.75, 3.05) is 25.1 Å². The molecule has 0 N–H and O–H groups in total. The second-order valence-electron chi connectivity index (χ2n) is 5.45. The summed E-state index contributed by atoms with van der Waals surface area (Å²) in [4.78, 5) is 12.0. The maximum atomic E-state index is 13.2. The molecule has 2 aromatic rings. The Hall–Kier alpha value is -2.45. The van der Waals surface area contributed by atoms with Crippen molar-refractivity contribution in [2.24, 2.45) is 0 Å². The summed E-state index contributed by atoms with van der Waals surface area (Å²) < 4.78 is 42.7. The van der Waals surface area contributed by atoms with E-state index in [1.54, 1.807) is 18.2 Å². The molecule has 0 fully saturated rings. The predicted octanol–water partition coefficient (Wildman–Crippen LogP) is 2.48. The summed E-state index contributed by atoms with van der Waals surface area (Å²) in [6.07, 6.45) is -1.08. The topological polar surface area (TPSA) is 82.1 Å². The number of hydrogen-bond acceptors (Lipinski definition) is 6. The van der Waals surface area contributed by atoms with Crippen LogP contribution in [0.25, 0.3) is 0 Å². The average Bonchev–Trinajstić information content (AvgIpc) is 2.66. The van der Waals surface area contributed by atoms with Gasteiger partial charge in [0.05, 0.1) is 31.3 Å². The Labute approximate surface area is 156 Å². The van der Waals surface area contributed by atoms with Gasteiger partial charge >= 0.3 is 5.97 Å². The van der Waals surface area contributed by atoms with E-state index in [1.165, 1.54) is 38.5 Å². The molecule has 9 heteroatoms. The number of carbonyl (C=O) groups excluding carboxylic acids is 1. The Balaban J connectivity index is 2.08. The van der Waals surface area contributed by atoms with Crippen LogP contribution in [0.4, 0.5) is 5.69 Å². The third-order valence-corrected chi connectivity index (χ3v) is 5.93. The van der Waals surface area contributed by atoms with Crippen LogP contribution < -0.4 is 13.8 Å². The summed E-state index contributed by atoms with van der Waals surface area (Å²) in [7, 11) is -1.26. The first-order valence-electron chi connectivity index (χ1n) is 7.57. The molecule has 0 spiro atoms. The molecule has 2 aromatic carbocycles. The zero-order chi connectivity index (χ0) is 18.9. The van der Waals surface area contributed by atoms with Gasteiger partial charge in [0.1, 0.15) is 11.5 Å². The van der Waals surface area contributed by atoms with Crippen LogP contribution in [-0.4, -0.2) is 41.3 Å². The Morgan fingerprint density at radius 3 is 2.50 bits per heavy atom. The normalized spacial score (nSPS) is 16.4. The van der Waals surface area contributed by atoms with Gasteiger partial charge in [-0.05, 0) is 42.5 Å². The summed E-state index contributed by atoms with van der Waals surface area (Å²) in [6, 6.07) is 10.5. The van der Waals surface area contributed by atoms with Crippen LogP contribution in [0.15, 0.2) is 47.4 Å². The van der Waals surface area contributed by atoms with Gasteiger partial charge in [0, 0.05) is 5.02 Å². The van der Waals surface area contributed by atoms with Gasteiger partial charge in [-0.15, -0.1) is 0 Å². The van der Waals surface area contributed by atoms with E-state index in [4.69, 9.17) is 25.8 Å². The standard InChI is InChI=1S/C17H16ClNO6S/c1-23-12-4-6-13(7-5-12)26(21,22)19-10-16(17(20)24-2)25-15-8-3-11(18)9-14(15)19/h3-9,16H,10H2,1-2H3. The molecule has 26 heavy (non-hydrogen) atoms. The molecule has 0 bridgehead atoms. The first kappa shape index (κ1) is 18.3. The molecule has 3 rings (SSSR count). The van der Waals surface area contributed by atoms with Crippen LogP contribution >= 0.6 is 11.6 Å². The summed E-state index contributed by atoms with van der Waals surface area (Å²) in [5.41, 5.74) is 0.258. The summed E-state index contributed by atoms with van der Waals surface area (Å²) in [5, 5.41) is 0.346. The number of carbonyl (C=O) groups is 1. The number of ether oxygens (including phenoxy) is 3. The van der Waals surface area contributed by atoms with Crippen LogP contribution in [0, 0.1) is 0 Å². The van der Waals surface area contributed by atoms with Crippen molar-refractivity contribution in [3.8, 4) is 11.5 Å². The quantitative estimate of drug-likeness (QED) is 0.737. The van der Waals surface area contributed by atoms with E-state index in [9.17, 15) is 13.2 Å². The van der Waals surface area contributed by atoms with E-state index in [2.05, 4.69) is 0 Å². The number of methoxy groups -OCH3 is 2. The van der Waals surface area contributed by atoms with Gasteiger partial charge < -0.3 is 14.2 Å². The van der Waals surface area contributed by atoms with Gasteiger partial charge in [0.25, 0.3) is 10.0 Å². The number of nitrogens with zero attached hydrogens (tertiary/aromatic N) is 1. The lowest BCUT2D eigenvalue weighted by Crippen LogP contribution is -2.47. The lowest BCUT2D eigenvalue weighted by molar-refractivity contribution is -0.148. The molecule has 1 unspecified atom stereocenters. The minimum atomic E-state index is -3.96. The molecule has 7 nitrogen and oxygen atoms in total. The Bertz CT molecular complexity index is 929. The molecule has 0 aromatic heterocycles. The molecule has 0 aliphatic carbocycles. The Morgan fingerprint density at radius 2 is 1.88 bits per heavy atom. The molecular formula is C17H16ClNO6S. The van der Waals surface area contributed by atoms with Crippen molar-refractivity contribution in [1.29, 1.82) is 0 Å². The van der Waals surface area contributed by atoms with Crippen molar-refractivity contribution in [1.82, 2.24) is 0 Å². The maximum absolute atomic E-state index is 13.2. The van der Waals surface area contributed by atoms with Crippen LogP contribution in [-0.2, 0) is 19.6 Å².